The number of imidazole rings is 2. The van der Waals surface area contributed by atoms with Crippen molar-refractivity contribution in [1.82, 2.24) is 29.9 Å². The van der Waals surface area contributed by atoms with E-state index in [1.54, 1.807) is 27.7 Å². The number of hydrogen-bond acceptors (Lipinski definition) is 11. The molecule has 0 saturated heterocycles. The number of nitrogens with zero attached hydrogens (tertiary/aromatic N) is 6. The van der Waals surface area contributed by atoms with Gasteiger partial charge >= 0.3 is 11.9 Å². The number of nitrogens with one attached hydrogen (secondary N) is 2. The minimum absolute atomic E-state index is 0.0371. The van der Waals surface area contributed by atoms with Gasteiger partial charge in [-0.2, -0.15) is 5.48 Å². The highest BCUT2D eigenvalue weighted by Crippen LogP contribution is 2.14. The topological polar surface area (TPSA) is 189 Å². The summed E-state index contributed by atoms with van der Waals surface area (Å²) in [6.07, 6.45) is 5.61. The molecule has 0 bridgehead atoms. The first kappa shape index (κ1) is 27.7. The maximum atomic E-state index is 12.6. The molecule has 2 heterocycles. The van der Waals surface area contributed by atoms with Crippen LogP contribution in [0, 0.1) is 20.2 Å². The Morgan fingerprint density at radius 3 is 1.83 bits per heavy atom. The van der Waals surface area contributed by atoms with Gasteiger partial charge in [0.05, 0.1) is 30.8 Å². The molecular formula is C20H30N8O7. The van der Waals surface area contributed by atoms with Crippen LogP contribution in [0.1, 0.15) is 40.5 Å². The van der Waals surface area contributed by atoms with Crippen molar-refractivity contribution >= 4 is 23.5 Å². The maximum Gasteiger partial charge on any atom is 0.434 e. The quantitative estimate of drug-likeness (QED) is 0.194. The smallest absolute Gasteiger partial charge is 0.390 e. The van der Waals surface area contributed by atoms with Gasteiger partial charge in [0.25, 0.3) is 0 Å². The summed E-state index contributed by atoms with van der Waals surface area (Å²) in [5.74, 6) is -0.995. The number of carbonyl (C=O) groups is 2. The number of aryl methyl sites for hydroxylation is 2. The lowest BCUT2D eigenvalue weighted by molar-refractivity contribution is -0.396. The van der Waals surface area contributed by atoms with E-state index in [1.165, 1.54) is 33.9 Å². The summed E-state index contributed by atoms with van der Waals surface area (Å²) < 4.78 is 2.61. The summed E-state index contributed by atoms with van der Waals surface area (Å²) in [4.78, 5) is 58.4. The SMILES string of the molecule is CC(C)(NCCONC(C)(C)C(=O)CCn1ccnc1[N+](=O)[O-])C(=O)CCn1ccnc1[N+](=O)[O-]. The van der Waals surface area contributed by atoms with E-state index in [2.05, 4.69) is 20.8 Å². The zero-order valence-corrected chi connectivity index (χ0v) is 20.1. The molecule has 0 saturated carbocycles. The summed E-state index contributed by atoms with van der Waals surface area (Å²) in [5, 5.41) is 24.9. The molecule has 192 valence electrons. The first-order valence-electron chi connectivity index (χ1n) is 10.9. The lowest BCUT2D eigenvalue weighted by Crippen LogP contribution is -2.50. The zero-order chi connectivity index (χ0) is 26.2. The molecule has 2 aromatic rings. The number of hydrogen-bond donors (Lipinski definition) is 2. The minimum Gasteiger partial charge on any atom is -0.390 e. The summed E-state index contributed by atoms with van der Waals surface area (Å²) in [6.45, 7) is 7.36. The van der Waals surface area contributed by atoms with E-state index in [9.17, 15) is 29.8 Å². The molecule has 15 heteroatoms. The van der Waals surface area contributed by atoms with Crippen molar-refractivity contribution in [3.63, 3.8) is 0 Å². The van der Waals surface area contributed by atoms with Crippen LogP contribution in [0.5, 0.6) is 0 Å². The van der Waals surface area contributed by atoms with Gasteiger partial charge in [-0.15, -0.1) is 0 Å². The molecule has 0 aliphatic heterocycles. The highest BCUT2D eigenvalue weighted by Gasteiger charge is 2.29. The number of rotatable bonds is 16. The van der Waals surface area contributed by atoms with Crippen molar-refractivity contribution in [2.45, 2.75) is 64.7 Å². The van der Waals surface area contributed by atoms with Crippen LogP contribution in [-0.2, 0) is 27.5 Å². The van der Waals surface area contributed by atoms with Gasteiger partial charge in [-0.3, -0.25) is 14.4 Å². The molecule has 0 aliphatic carbocycles. The van der Waals surface area contributed by atoms with E-state index in [4.69, 9.17) is 4.84 Å². The van der Waals surface area contributed by atoms with Gasteiger partial charge in [-0.25, -0.2) is 9.13 Å². The van der Waals surface area contributed by atoms with Gasteiger partial charge in [0.2, 0.25) is 0 Å². The van der Waals surface area contributed by atoms with Crippen molar-refractivity contribution in [2.75, 3.05) is 13.2 Å². The Labute approximate surface area is 201 Å². The Bertz CT molecular complexity index is 977. The second-order valence-electron chi connectivity index (χ2n) is 8.83. The average molecular weight is 495 g/mol. The van der Waals surface area contributed by atoms with E-state index < -0.39 is 20.9 Å². The Kier molecular flexibility index (Phi) is 9.27. The molecule has 0 fully saturated rings. The Morgan fingerprint density at radius 1 is 0.914 bits per heavy atom. The molecule has 0 aliphatic rings. The monoisotopic (exact) mass is 494 g/mol. The molecule has 35 heavy (non-hydrogen) atoms. The van der Waals surface area contributed by atoms with Gasteiger partial charge < -0.3 is 25.5 Å². The van der Waals surface area contributed by atoms with E-state index in [0.29, 0.717) is 6.54 Å². The minimum atomic E-state index is -1.04. The van der Waals surface area contributed by atoms with Crippen molar-refractivity contribution in [2.24, 2.45) is 0 Å². The fourth-order valence-electron chi connectivity index (χ4n) is 3.17. The number of ketones is 2. The van der Waals surface area contributed by atoms with E-state index in [1.807, 2.05) is 0 Å². The van der Waals surface area contributed by atoms with Crippen molar-refractivity contribution in [1.29, 1.82) is 0 Å². The second-order valence-corrected chi connectivity index (χ2v) is 8.83. The van der Waals surface area contributed by atoms with E-state index in [-0.39, 0.29) is 56.0 Å². The highest BCUT2D eigenvalue weighted by molar-refractivity contribution is 5.87. The molecule has 0 radical (unpaired) electrons. The van der Waals surface area contributed by atoms with Crippen LogP contribution in [0.4, 0.5) is 11.9 Å². The number of carbonyl (C=O) groups excluding carboxylic acids is 2. The molecular weight excluding hydrogens is 464 g/mol. The number of Topliss-reactive ketones (excluding diaryl/α,β-unsaturated/α-hetero) is 2. The Hall–Kier alpha value is -3.56. The van der Waals surface area contributed by atoms with Crippen LogP contribution in [0.3, 0.4) is 0 Å². The van der Waals surface area contributed by atoms with Crippen LogP contribution in [0.2, 0.25) is 0 Å². The van der Waals surface area contributed by atoms with Gasteiger partial charge in [-0.1, -0.05) is 9.97 Å². The lowest BCUT2D eigenvalue weighted by Gasteiger charge is -2.26. The van der Waals surface area contributed by atoms with E-state index in [0.717, 1.165) is 0 Å². The third kappa shape index (κ3) is 7.73. The highest BCUT2D eigenvalue weighted by atomic mass is 16.6. The molecule has 0 aromatic carbocycles. The van der Waals surface area contributed by atoms with Crippen LogP contribution < -0.4 is 10.8 Å². The lowest BCUT2D eigenvalue weighted by atomic mass is 9.96. The van der Waals surface area contributed by atoms with Crippen LogP contribution in [0.25, 0.3) is 0 Å². The first-order valence-corrected chi connectivity index (χ1v) is 10.9. The molecule has 2 N–H and O–H groups in total. The molecule has 15 nitrogen and oxygen atoms in total. The van der Waals surface area contributed by atoms with Gasteiger partial charge in [0, 0.05) is 19.4 Å². The Morgan fingerprint density at radius 2 is 1.37 bits per heavy atom. The zero-order valence-electron chi connectivity index (χ0n) is 20.1. The molecule has 0 amide bonds. The van der Waals surface area contributed by atoms with Crippen molar-refractivity contribution in [3.8, 4) is 0 Å². The van der Waals surface area contributed by atoms with Crippen LogP contribution in [0.15, 0.2) is 24.8 Å². The van der Waals surface area contributed by atoms with Crippen LogP contribution in [-0.4, -0.2) is 64.7 Å². The molecule has 0 atom stereocenters. The fourth-order valence-corrected chi connectivity index (χ4v) is 3.17. The number of hydroxylamine groups is 1. The van der Waals surface area contributed by atoms with Crippen molar-refractivity contribution in [3.05, 3.63) is 45.0 Å². The standard InChI is InChI=1S/C20H30N8O7/c1-19(2,15(29)5-10-25-12-7-21-17(25)27(31)32)23-9-14-35-24-20(3,4)16(30)6-11-26-13-8-22-18(26)28(33)34/h7-8,12-13,23-24H,5-6,9-11,14H2,1-4H3. The summed E-state index contributed by atoms with van der Waals surface area (Å²) in [7, 11) is 0. The summed E-state index contributed by atoms with van der Waals surface area (Å²) in [6, 6.07) is 0. The van der Waals surface area contributed by atoms with Crippen molar-refractivity contribution < 1.29 is 24.3 Å². The second kappa shape index (κ2) is 11.7. The predicted molar refractivity (Wildman–Crippen MR) is 122 cm³/mol. The normalized spacial score (nSPS) is 12.0. The fraction of sp³-hybridized carbons (Fsp3) is 0.600. The van der Waals surface area contributed by atoms with Crippen LogP contribution >= 0.6 is 0 Å². The molecule has 0 unspecified atom stereocenters. The molecule has 0 spiro atoms. The number of nitro groups is 2. The first-order chi connectivity index (χ1) is 16.3. The maximum absolute atomic E-state index is 12.6. The number of aromatic nitrogens is 4. The van der Waals surface area contributed by atoms with Gasteiger partial charge in [0.15, 0.2) is 11.6 Å². The average Bonchev–Trinajstić information content (AvgIpc) is 3.44. The summed E-state index contributed by atoms with van der Waals surface area (Å²) in [5.41, 5.74) is 0.754. The predicted octanol–water partition coefficient (Wildman–Crippen LogP) is 1.18. The Balaban J connectivity index is 1.72. The van der Waals surface area contributed by atoms with Gasteiger partial charge in [-0.05, 0) is 37.5 Å². The van der Waals surface area contributed by atoms with E-state index >= 15 is 0 Å². The summed E-state index contributed by atoms with van der Waals surface area (Å²) >= 11 is 0. The molecule has 2 aromatic heterocycles. The molecule has 2 rings (SSSR count). The largest absolute Gasteiger partial charge is 0.434 e. The third-order valence-electron chi connectivity index (χ3n) is 5.37. The third-order valence-corrected chi connectivity index (χ3v) is 5.37. The van der Waals surface area contributed by atoms with Gasteiger partial charge in [0.1, 0.15) is 24.8 Å².